The molecular weight excluding hydrogens is 313 g/mol. The van der Waals surface area contributed by atoms with Crippen LogP contribution in [0.25, 0.3) is 5.69 Å². The maximum Gasteiger partial charge on any atom is 0.360 e. The van der Waals surface area contributed by atoms with Gasteiger partial charge >= 0.3 is 5.97 Å². The standard InChI is InChI=1S/C14H13F3N4O2/c1-23-13(22)12-6-21(19-18-12)10-3-2-9(11(15)4-10)5-20-7-14(16,17)8-20/h2-4,6H,5,7-8H2,1H3. The number of ether oxygens (including phenoxy) is 1. The van der Waals surface area contributed by atoms with Gasteiger partial charge in [-0.15, -0.1) is 5.10 Å². The molecule has 2 aromatic rings. The Morgan fingerprint density at radius 1 is 1.39 bits per heavy atom. The third kappa shape index (κ3) is 3.19. The van der Waals surface area contributed by atoms with Crippen molar-refractivity contribution in [3.05, 3.63) is 41.5 Å². The van der Waals surface area contributed by atoms with Crippen LogP contribution in [0.3, 0.4) is 0 Å². The Morgan fingerprint density at radius 2 is 2.13 bits per heavy atom. The lowest BCUT2D eigenvalue weighted by Gasteiger charge is -2.38. The molecule has 1 fully saturated rings. The van der Waals surface area contributed by atoms with Crippen LogP contribution in [0.2, 0.25) is 0 Å². The van der Waals surface area contributed by atoms with E-state index in [1.807, 2.05) is 0 Å². The molecule has 1 aliphatic heterocycles. The van der Waals surface area contributed by atoms with E-state index in [2.05, 4.69) is 15.0 Å². The number of aromatic nitrogens is 3. The topological polar surface area (TPSA) is 60.2 Å². The largest absolute Gasteiger partial charge is 0.464 e. The van der Waals surface area contributed by atoms with E-state index in [1.165, 1.54) is 35.0 Å². The van der Waals surface area contributed by atoms with Gasteiger partial charge in [0.05, 0.1) is 32.1 Å². The molecule has 1 aromatic heterocycles. The molecule has 3 rings (SSSR count). The summed E-state index contributed by atoms with van der Waals surface area (Å²) in [5.74, 6) is -3.86. The Labute approximate surface area is 129 Å². The first kappa shape index (κ1) is 15.5. The number of alkyl halides is 2. The smallest absolute Gasteiger partial charge is 0.360 e. The molecule has 0 radical (unpaired) electrons. The number of halogens is 3. The third-order valence-corrected chi connectivity index (χ3v) is 3.49. The molecule has 0 spiro atoms. The minimum absolute atomic E-state index is 0.000190. The maximum absolute atomic E-state index is 14.1. The van der Waals surface area contributed by atoms with Crippen molar-refractivity contribution < 1.29 is 22.7 Å². The highest BCUT2D eigenvalue weighted by molar-refractivity contribution is 5.86. The van der Waals surface area contributed by atoms with Gasteiger partial charge in [-0.2, -0.15) is 0 Å². The van der Waals surface area contributed by atoms with Gasteiger partial charge in [0.25, 0.3) is 5.92 Å². The average molecular weight is 326 g/mol. The van der Waals surface area contributed by atoms with Crippen molar-refractivity contribution >= 4 is 5.97 Å². The molecule has 0 amide bonds. The number of methoxy groups -OCH3 is 1. The highest BCUT2D eigenvalue weighted by Crippen LogP contribution is 2.28. The second kappa shape index (κ2) is 5.65. The fourth-order valence-corrected chi connectivity index (χ4v) is 2.36. The van der Waals surface area contributed by atoms with Crippen LogP contribution in [0.4, 0.5) is 13.2 Å². The van der Waals surface area contributed by atoms with Crippen LogP contribution in [0.1, 0.15) is 16.1 Å². The van der Waals surface area contributed by atoms with Crippen molar-refractivity contribution in [2.45, 2.75) is 12.5 Å². The summed E-state index contributed by atoms with van der Waals surface area (Å²) < 4.78 is 45.4. The molecule has 0 unspecified atom stereocenters. The minimum Gasteiger partial charge on any atom is -0.464 e. The fraction of sp³-hybridized carbons (Fsp3) is 0.357. The molecule has 0 saturated carbocycles. The number of rotatable bonds is 4. The normalized spacial score (nSPS) is 16.9. The lowest BCUT2D eigenvalue weighted by Crippen LogP contribution is -2.55. The molecule has 0 N–H and O–H groups in total. The number of carbonyl (C=O) groups is 1. The zero-order valence-corrected chi connectivity index (χ0v) is 12.2. The molecule has 1 aromatic carbocycles. The summed E-state index contributed by atoms with van der Waals surface area (Å²) in [5.41, 5.74) is 0.681. The van der Waals surface area contributed by atoms with Crippen LogP contribution in [0, 0.1) is 5.82 Å². The van der Waals surface area contributed by atoms with Gasteiger partial charge in [0.1, 0.15) is 5.82 Å². The van der Waals surface area contributed by atoms with Gasteiger partial charge in [-0.3, -0.25) is 4.90 Å². The maximum atomic E-state index is 14.1. The van der Waals surface area contributed by atoms with E-state index in [9.17, 15) is 18.0 Å². The summed E-state index contributed by atoms with van der Waals surface area (Å²) in [7, 11) is 1.22. The Balaban J connectivity index is 1.74. The van der Waals surface area contributed by atoms with E-state index in [4.69, 9.17) is 0 Å². The first-order valence-corrected chi connectivity index (χ1v) is 6.77. The second-order valence-electron chi connectivity index (χ2n) is 5.32. The molecule has 0 bridgehead atoms. The Kier molecular flexibility index (Phi) is 3.80. The highest BCUT2D eigenvalue weighted by atomic mass is 19.3. The highest BCUT2D eigenvalue weighted by Gasteiger charge is 2.43. The number of likely N-dealkylation sites (tertiary alicyclic amines) is 1. The lowest BCUT2D eigenvalue weighted by molar-refractivity contribution is -0.134. The SMILES string of the molecule is COC(=O)c1cn(-c2ccc(CN3CC(F)(F)C3)c(F)c2)nn1. The van der Waals surface area contributed by atoms with Gasteiger partial charge in [0.2, 0.25) is 0 Å². The van der Waals surface area contributed by atoms with E-state index in [0.717, 1.165) is 0 Å². The van der Waals surface area contributed by atoms with Crippen LogP contribution in [-0.4, -0.2) is 52.0 Å². The molecule has 9 heteroatoms. The van der Waals surface area contributed by atoms with Gasteiger partial charge in [-0.1, -0.05) is 11.3 Å². The van der Waals surface area contributed by atoms with Crippen molar-refractivity contribution in [3.8, 4) is 5.69 Å². The quantitative estimate of drug-likeness (QED) is 0.800. The van der Waals surface area contributed by atoms with E-state index >= 15 is 0 Å². The Morgan fingerprint density at radius 3 is 2.74 bits per heavy atom. The van der Waals surface area contributed by atoms with Gasteiger partial charge < -0.3 is 4.74 Å². The number of hydrogen-bond acceptors (Lipinski definition) is 5. The molecule has 0 atom stereocenters. The number of esters is 1. The molecule has 6 nitrogen and oxygen atoms in total. The van der Waals surface area contributed by atoms with Gasteiger partial charge in [-0.05, 0) is 12.1 Å². The van der Waals surface area contributed by atoms with Crippen molar-refractivity contribution in [1.29, 1.82) is 0 Å². The molecule has 1 saturated heterocycles. The Hall–Kier alpha value is -2.42. The molecular formula is C14H13F3N4O2. The van der Waals surface area contributed by atoms with Crippen molar-refractivity contribution in [1.82, 2.24) is 19.9 Å². The number of carbonyl (C=O) groups excluding carboxylic acids is 1. The number of nitrogens with zero attached hydrogens (tertiary/aromatic N) is 4. The van der Waals surface area contributed by atoms with Crippen LogP contribution in [0.15, 0.2) is 24.4 Å². The average Bonchev–Trinajstić information content (AvgIpc) is 2.96. The van der Waals surface area contributed by atoms with E-state index in [1.54, 1.807) is 6.07 Å². The monoisotopic (exact) mass is 326 g/mol. The predicted molar refractivity (Wildman–Crippen MR) is 72.9 cm³/mol. The summed E-state index contributed by atoms with van der Waals surface area (Å²) in [6.07, 6.45) is 1.32. The van der Waals surface area contributed by atoms with Crippen molar-refractivity contribution in [3.63, 3.8) is 0 Å². The zero-order valence-electron chi connectivity index (χ0n) is 12.2. The summed E-state index contributed by atoms with van der Waals surface area (Å²) in [6.45, 7) is -0.605. The molecule has 2 heterocycles. The number of hydrogen-bond donors (Lipinski definition) is 0. The van der Waals surface area contributed by atoms with E-state index < -0.39 is 17.7 Å². The molecule has 23 heavy (non-hydrogen) atoms. The van der Waals surface area contributed by atoms with Crippen LogP contribution in [0.5, 0.6) is 0 Å². The van der Waals surface area contributed by atoms with Crippen LogP contribution in [-0.2, 0) is 11.3 Å². The first-order valence-electron chi connectivity index (χ1n) is 6.77. The second-order valence-corrected chi connectivity index (χ2v) is 5.32. The van der Waals surface area contributed by atoms with Crippen LogP contribution < -0.4 is 0 Å². The first-order chi connectivity index (χ1) is 10.9. The predicted octanol–water partition coefficient (Wildman–Crippen LogP) is 1.64. The molecule has 1 aliphatic rings. The lowest BCUT2D eigenvalue weighted by atomic mass is 10.1. The summed E-state index contributed by atoms with van der Waals surface area (Å²) >= 11 is 0. The summed E-state index contributed by atoms with van der Waals surface area (Å²) in [5, 5.41) is 7.35. The minimum atomic E-state index is -2.68. The molecule has 0 aliphatic carbocycles. The zero-order chi connectivity index (χ0) is 16.6. The van der Waals surface area contributed by atoms with Gasteiger partial charge in [0.15, 0.2) is 5.69 Å². The van der Waals surface area contributed by atoms with Crippen LogP contribution >= 0.6 is 0 Å². The van der Waals surface area contributed by atoms with Crippen molar-refractivity contribution in [2.75, 3.05) is 20.2 Å². The molecule has 122 valence electrons. The van der Waals surface area contributed by atoms with Crippen molar-refractivity contribution in [2.24, 2.45) is 0 Å². The third-order valence-electron chi connectivity index (χ3n) is 3.49. The van der Waals surface area contributed by atoms with Gasteiger partial charge in [0, 0.05) is 12.1 Å². The fourth-order valence-electron chi connectivity index (χ4n) is 2.36. The number of benzene rings is 1. The van der Waals surface area contributed by atoms with Gasteiger partial charge in [-0.25, -0.2) is 22.6 Å². The van der Waals surface area contributed by atoms with E-state index in [-0.39, 0.29) is 25.3 Å². The Bertz CT molecular complexity index is 739. The summed E-state index contributed by atoms with van der Waals surface area (Å²) in [4.78, 5) is 12.8. The summed E-state index contributed by atoms with van der Waals surface area (Å²) in [6, 6.07) is 4.29. The van der Waals surface area contributed by atoms with E-state index in [0.29, 0.717) is 11.3 Å².